The maximum atomic E-state index is 13.6. The molecule has 0 aliphatic rings. The number of aryl methyl sites for hydroxylation is 1. The third-order valence-electron chi connectivity index (χ3n) is 5.31. The molecule has 0 fully saturated rings. The van der Waals surface area contributed by atoms with Crippen LogP contribution in [-0.2, 0) is 0 Å². The Kier molecular flexibility index (Phi) is 4.28. The maximum Gasteiger partial charge on any atom is 0.263 e. The van der Waals surface area contributed by atoms with Gasteiger partial charge in [0, 0.05) is 11.4 Å². The maximum absolute atomic E-state index is 13.6. The highest BCUT2D eigenvalue weighted by Gasteiger charge is 2.18. The van der Waals surface area contributed by atoms with Crippen molar-refractivity contribution in [3.63, 3.8) is 0 Å². The molecule has 7 heteroatoms. The Morgan fingerprint density at radius 3 is 2.70 bits per heavy atom. The zero-order chi connectivity index (χ0) is 20.7. The number of fused-ring (bicyclic) bond motifs is 2. The van der Waals surface area contributed by atoms with Gasteiger partial charge in [0.25, 0.3) is 5.56 Å². The summed E-state index contributed by atoms with van der Waals surface area (Å²) in [6.07, 6.45) is 3.08. The Morgan fingerprint density at radius 1 is 1.03 bits per heavy atom. The van der Waals surface area contributed by atoms with Gasteiger partial charge in [0.05, 0.1) is 17.8 Å². The van der Waals surface area contributed by atoms with Crippen LogP contribution in [0, 0.1) is 6.92 Å². The first-order valence-corrected chi connectivity index (χ1v) is 9.75. The minimum atomic E-state index is -0.211. The summed E-state index contributed by atoms with van der Waals surface area (Å²) >= 11 is 0. The summed E-state index contributed by atoms with van der Waals surface area (Å²) in [6.45, 7) is 3.98. The second-order valence-corrected chi connectivity index (χ2v) is 7.27. The average Bonchev–Trinajstić information content (AvgIpc) is 3.24. The summed E-state index contributed by atoms with van der Waals surface area (Å²) in [4.78, 5) is 29.4. The van der Waals surface area contributed by atoms with Gasteiger partial charge in [0.1, 0.15) is 11.8 Å². The second kappa shape index (κ2) is 7.11. The molecule has 0 saturated heterocycles. The monoisotopic (exact) mass is 396 g/mol. The number of H-pyrrole nitrogens is 1. The van der Waals surface area contributed by atoms with E-state index in [1.807, 2.05) is 62.4 Å². The molecule has 0 aliphatic carbocycles. The molecule has 2 N–H and O–H groups in total. The van der Waals surface area contributed by atoms with E-state index in [1.54, 1.807) is 10.9 Å². The summed E-state index contributed by atoms with van der Waals surface area (Å²) in [5, 5.41) is 5.06. The third-order valence-corrected chi connectivity index (χ3v) is 5.31. The van der Waals surface area contributed by atoms with Gasteiger partial charge in [-0.2, -0.15) is 0 Å². The normalized spacial score (nSPS) is 12.3. The minimum absolute atomic E-state index is 0.0342. The SMILES string of the molecule is Cc1cccc2cc([C@@H](C)Nc3ncnc4[nH]cnc34)n(-c3ccccc3)c(=O)c12. The van der Waals surface area contributed by atoms with Gasteiger partial charge in [-0.05, 0) is 43.0 Å². The van der Waals surface area contributed by atoms with E-state index in [4.69, 9.17) is 0 Å². The quantitative estimate of drug-likeness (QED) is 0.477. The van der Waals surface area contributed by atoms with Crippen LogP contribution in [0.15, 0.2) is 72.0 Å². The van der Waals surface area contributed by atoms with Crippen LogP contribution in [0.3, 0.4) is 0 Å². The zero-order valence-corrected chi connectivity index (χ0v) is 16.6. The fourth-order valence-corrected chi connectivity index (χ4v) is 3.87. The Balaban J connectivity index is 1.71. The standard InChI is InChI=1S/C23H20N6O/c1-14-7-6-8-16-11-18(29(23(30)19(14)16)17-9-4-3-5-10-17)15(2)28-22-20-21(25-12-24-20)26-13-27-22/h3-13,15H,1-2H3,(H2,24,25,26,27,28)/t15-/m1/s1. The van der Waals surface area contributed by atoms with Gasteiger partial charge in [-0.1, -0.05) is 36.4 Å². The highest BCUT2D eigenvalue weighted by Crippen LogP contribution is 2.26. The van der Waals surface area contributed by atoms with Gasteiger partial charge in [0.2, 0.25) is 0 Å². The predicted octanol–water partition coefficient (Wildman–Crippen LogP) is 4.14. The van der Waals surface area contributed by atoms with Crippen LogP contribution < -0.4 is 10.9 Å². The van der Waals surface area contributed by atoms with Crippen molar-refractivity contribution in [1.29, 1.82) is 0 Å². The van der Waals surface area contributed by atoms with E-state index in [2.05, 4.69) is 31.3 Å². The molecular weight excluding hydrogens is 376 g/mol. The van der Waals surface area contributed by atoms with Gasteiger partial charge in [-0.15, -0.1) is 0 Å². The minimum Gasteiger partial charge on any atom is -0.360 e. The summed E-state index contributed by atoms with van der Waals surface area (Å²) < 4.78 is 1.77. The summed E-state index contributed by atoms with van der Waals surface area (Å²) in [5.74, 6) is 0.616. The summed E-state index contributed by atoms with van der Waals surface area (Å²) in [5.41, 5.74) is 3.91. The van der Waals surface area contributed by atoms with Gasteiger partial charge >= 0.3 is 0 Å². The van der Waals surface area contributed by atoms with Crippen molar-refractivity contribution >= 4 is 27.8 Å². The molecule has 1 atom stereocenters. The van der Waals surface area contributed by atoms with E-state index < -0.39 is 0 Å². The molecule has 0 radical (unpaired) electrons. The average molecular weight is 396 g/mol. The first kappa shape index (κ1) is 18.1. The van der Waals surface area contributed by atoms with E-state index in [9.17, 15) is 4.79 Å². The number of aromatic amines is 1. The molecule has 7 nitrogen and oxygen atoms in total. The largest absolute Gasteiger partial charge is 0.360 e. The van der Waals surface area contributed by atoms with Crippen LogP contribution in [-0.4, -0.2) is 24.5 Å². The molecular formula is C23H20N6O. The molecule has 3 aromatic heterocycles. The van der Waals surface area contributed by atoms with Crippen LogP contribution >= 0.6 is 0 Å². The van der Waals surface area contributed by atoms with E-state index in [0.29, 0.717) is 17.0 Å². The first-order valence-electron chi connectivity index (χ1n) is 9.75. The van der Waals surface area contributed by atoms with Crippen molar-refractivity contribution in [2.45, 2.75) is 19.9 Å². The number of benzene rings is 2. The van der Waals surface area contributed by atoms with Crippen molar-refractivity contribution in [1.82, 2.24) is 24.5 Å². The van der Waals surface area contributed by atoms with Crippen LogP contribution in [0.4, 0.5) is 5.82 Å². The summed E-state index contributed by atoms with van der Waals surface area (Å²) in [6, 6.07) is 17.5. The van der Waals surface area contributed by atoms with Crippen LogP contribution in [0.25, 0.3) is 27.6 Å². The van der Waals surface area contributed by atoms with Gasteiger partial charge < -0.3 is 10.3 Å². The van der Waals surface area contributed by atoms with Gasteiger partial charge in [-0.25, -0.2) is 15.0 Å². The number of nitrogens with zero attached hydrogens (tertiary/aromatic N) is 4. The third kappa shape index (κ3) is 2.91. The Bertz CT molecular complexity index is 1420. The zero-order valence-electron chi connectivity index (χ0n) is 16.6. The Morgan fingerprint density at radius 2 is 1.87 bits per heavy atom. The number of hydrogen-bond donors (Lipinski definition) is 2. The Hall–Kier alpha value is -4.00. The molecule has 5 aromatic rings. The lowest BCUT2D eigenvalue weighted by Gasteiger charge is -2.21. The highest BCUT2D eigenvalue weighted by atomic mass is 16.1. The van der Waals surface area contributed by atoms with Crippen molar-refractivity contribution in [3.05, 3.63) is 88.9 Å². The molecule has 5 rings (SSSR count). The number of para-hydroxylation sites is 1. The number of rotatable bonds is 4. The lowest BCUT2D eigenvalue weighted by molar-refractivity contribution is 0.774. The number of imidazole rings is 1. The fraction of sp³-hybridized carbons (Fsp3) is 0.130. The molecule has 148 valence electrons. The van der Waals surface area contributed by atoms with Crippen molar-refractivity contribution in [2.75, 3.05) is 5.32 Å². The van der Waals surface area contributed by atoms with E-state index in [-0.39, 0.29) is 11.6 Å². The van der Waals surface area contributed by atoms with E-state index >= 15 is 0 Å². The van der Waals surface area contributed by atoms with Crippen LogP contribution in [0.5, 0.6) is 0 Å². The van der Waals surface area contributed by atoms with Crippen LogP contribution in [0.1, 0.15) is 24.2 Å². The molecule has 3 heterocycles. The van der Waals surface area contributed by atoms with Gasteiger partial charge in [0.15, 0.2) is 11.5 Å². The van der Waals surface area contributed by atoms with Crippen molar-refractivity contribution in [3.8, 4) is 5.69 Å². The fourth-order valence-electron chi connectivity index (χ4n) is 3.87. The molecule has 2 aromatic carbocycles. The molecule has 0 spiro atoms. The number of nitrogens with one attached hydrogen (secondary N) is 2. The number of anilines is 1. The Labute approximate surface area is 172 Å². The number of hydrogen-bond acceptors (Lipinski definition) is 5. The van der Waals surface area contributed by atoms with E-state index in [1.165, 1.54) is 6.33 Å². The molecule has 0 saturated carbocycles. The highest BCUT2D eigenvalue weighted by molar-refractivity contribution is 5.86. The molecule has 0 bridgehead atoms. The predicted molar refractivity (Wildman–Crippen MR) is 118 cm³/mol. The molecule has 0 amide bonds. The summed E-state index contributed by atoms with van der Waals surface area (Å²) in [7, 11) is 0. The lowest BCUT2D eigenvalue weighted by Crippen LogP contribution is -2.26. The van der Waals surface area contributed by atoms with Gasteiger partial charge in [-0.3, -0.25) is 9.36 Å². The molecule has 0 aliphatic heterocycles. The number of aromatic nitrogens is 5. The van der Waals surface area contributed by atoms with Crippen LogP contribution in [0.2, 0.25) is 0 Å². The van der Waals surface area contributed by atoms with E-state index in [0.717, 1.165) is 27.7 Å². The second-order valence-electron chi connectivity index (χ2n) is 7.27. The molecule has 0 unspecified atom stereocenters. The number of pyridine rings is 1. The van der Waals surface area contributed by atoms with Crippen molar-refractivity contribution in [2.24, 2.45) is 0 Å². The smallest absolute Gasteiger partial charge is 0.263 e. The lowest BCUT2D eigenvalue weighted by atomic mass is 10.0. The molecule has 30 heavy (non-hydrogen) atoms. The first-order chi connectivity index (χ1) is 14.6. The topological polar surface area (TPSA) is 88.5 Å². The van der Waals surface area contributed by atoms with Crippen molar-refractivity contribution < 1.29 is 0 Å².